The molecule has 0 aliphatic carbocycles. The fraction of sp³-hybridized carbons (Fsp3) is 0.400. The van der Waals surface area contributed by atoms with E-state index in [9.17, 15) is 21.9 Å². The van der Waals surface area contributed by atoms with Crippen molar-refractivity contribution in [3.63, 3.8) is 0 Å². The maximum Gasteiger partial charge on any atom is 0.416 e. The third-order valence-electron chi connectivity index (χ3n) is 4.71. The highest BCUT2D eigenvalue weighted by molar-refractivity contribution is 7.83. The van der Waals surface area contributed by atoms with Crippen LogP contribution in [0.2, 0.25) is 0 Å². The van der Waals surface area contributed by atoms with Crippen LogP contribution in [0.5, 0.6) is 0 Å². The predicted molar refractivity (Wildman–Crippen MR) is 116 cm³/mol. The third-order valence-corrected chi connectivity index (χ3v) is 9.08. The molecule has 0 saturated heterocycles. The largest absolute Gasteiger partial charge is 0.416 e. The summed E-state index contributed by atoms with van der Waals surface area (Å²) < 4.78 is 77.7. The minimum Gasteiger partial charge on any atom is -0.311 e. The lowest BCUT2D eigenvalue weighted by Crippen LogP contribution is -2.32. The Hall–Kier alpha value is -1.22. The topological polar surface area (TPSA) is 64.6 Å². The lowest BCUT2D eigenvalue weighted by atomic mass is 10.1. The summed E-state index contributed by atoms with van der Waals surface area (Å²) in [6.07, 6.45) is -4.52. The minimum atomic E-state index is -4.52. The Labute approximate surface area is 187 Å². The van der Waals surface area contributed by atoms with Crippen LogP contribution in [0.25, 0.3) is 0 Å². The van der Waals surface area contributed by atoms with E-state index in [0.717, 1.165) is 43.0 Å². The first-order valence-corrected chi connectivity index (χ1v) is 12.3. The molecule has 2 aromatic carbocycles. The number of alkyl halides is 4. The molecule has 1 N–H and O–H groups in total. The molecule has 0 aliphatic rings. The molecule has 0 bridgehead atoms. The highest BCUT2D eigenvalue weighted by atomic mass is 35.5. The average Bonchev–Trinajstić information content (AvgIpc) is 2.69. The number of nitrogens with one attached hydrogen (secondary N) is 1. The average molecular weight is 498 g/mol. The lowest BCUT2D eigenvalue weighted by Gasteiger charge is -2.28. The van der Waals surface area contributed by atoms with E-state index in [2.05, 4.69) is 4.72 Å². The normalized spacial score (nSPS) is 15.5. The highest BCUT2D eigenvalue weighted by Gasteiger charge is 2.41. The maximum absolute atomic E-state index is 13.2. The van der Waals surface area contributed by atoms with Crippen molar-refractivity contribution in [3.05, 3.63) is 64.2 Å². The van der Waals surface area contributed by atoms with Crippen LogP contribution in [-0.4, -0.2) is 23.5 Å². The molecule has 2 rings (SSSR count). The fourth-order valence-electron chi connectivity index (χ4n) is 3.25. The smallest absolute Gasteiger partial charge is 0.311 e. The van der Waals surface area contributed by atoms with E-state index in [4.69, 9.17) is 20.6 Å². The Morgan fingerprint density at radius 3 is 1.94 bits per heavy atom. The summed E-state index contributed by atoms with van der Waals surface area (Å²) >= 11 is 6.42. The zero-order valence-corrected chi connectivity index (χ0v) is 20.1. The van der Waals surface area contributed by atoms with Crippen molar-refractivity contribution >= 4 is 30.2 Å². The number of benzene rings is 2. The van der Waals surface area contributed by atoms with Gasteiger partial charge in [0.05, 0.1) is 16.5 Å². The van der Waals surface area contributed by atoms with Gasteiger partial charge in [-0.3, -0.25) is 4.57 Å². The molecule has 0 spiro atoms. The van der Waals surface area contributed by atoms with Gasteiger partial charge in [0.25, 0.3) is 0 Å². The Morgan fingerprint density at radius 2 is 1.52 bits per heavy atom. The van der Waals surface area contributed by atoms with Crippen molar-refractivity contribution in [2.45, 2.75) is 43.0 Å². The van der Waals surface area contributed by atoms with E-state index in [-0.39, 0.29) is 5.56 Å². The Bertz CT molecular complexity index is 970. The number of hydrogen-bond acceptors (Lipinski definition) is 4. The Balaban J connectivity index is 2.50. The quantitative estimate of drug-likeness (QED) is 0.357. The molecule has 5 nitrogen and oxygen atoms in total. The van der Waals surface area contributed by atoms with Gasteiger partial charge in [-0.05, 0) is 49.6 Å². The first-order chi connectivity index (χ1) is 14.3. The van der Waals surface area contributed by atoms with Gasteiger partial charge < -0.3 is 9.05 Å². The van der Waals surface area contributed by atoms with Crippen LogP contribution in [-0.2, 0) is 30.8 Å². The van der Waals surface area contributed by atoms with Gasteiger partial charge in [0.2, 0.25) is 0 Å². The van der Waals surface area contributed by atoms with E-state index in [0.29, 0.717) is 4.90 Å². The van der Waals surface area contributed by atoms with Gasteiger partial charge in [0.15, 0.2) is 5.12 Å². The highest BCUT2D eigenvalue weighted by Crippen LogP contribution is 2.57. The number of hydrogen-bond donors (Lipinski definition) is 1. The first-order valence-electron chi connectivity index (χ1n) is 9.12. The fourth-order valence-corrected chi connectivity index (χ4v) is 6.60. The molecule has 2 aromatic rings. The second-order valence-corrected chi connectivity index (χ2v) is 11.3. The van der Waals surface area contributed by atoms with Crippen LogP contribution in [0.3, 0.4) is 0 Å². The van der Waals surface area contributed by atoms with Crippen molar-refractivity contribution in [2.24, 2.45) is 0 Å². The summed E-state index contributed by atoms with van der Waals surface area (Å²) in [5, 5.41) is -1.37. The third kappa shape index (κ3) is 5.97. The van der Waals surface area contributed by atoms with E-state index in [1.165, 1.54) is 12.1 Å². The van der Waals surface area contributed by atoms with Crippen LogP contribution < -0.4 is 4.72 Å². The molecule has 0 aromatic heterocycles. The molecular weight excluding hydrogens is 474 g/mol. The minimum absolute atomic E-state index is 0.248. The summed E-state index contributed by atoms with van der Waals surface area (Å²) in [5.74, 6) is 0. The molecule has 172 valence electrons. The lowest BCUT2D eigenvalue weighted by molar-refractivity contribution is -0.137. The van der Waals surface area contributed by atoms with Crippen LogP contribution in [0.4, 0.5) is 13.2 Å². The van der Waals surface area contributed by atoms with Crippen molar-refractivity contribution in [1.29, 1.82) is 0 Å². The van der Waals surface area contributed by atoms with Gasteiger partial charge >= 0.3 is 13.8 Å². The second-order valence-electron chi connectivity index (χ2n) is 6.99. The van der Waals surface area contributed by atoms with E-state index in [1.807, 2.05) is 19.1 Å². The molecule has 11 heteroatoms. The van der Waals surface area contributed by atoms with E-state index < -0.39 is 41.5 Å². The molecule has 0 fully saturated rings. The first kappa shape index (κ1) is 26.0. The van der Waals surface area contributed by atoms with Crippen LogP contribution in [0, 0.1) is 20.8 Å². The van der Waals surface area contributed by atoms with Crippen molar-refractivity contribution < 1.29 is 31.0 Å². The summed E-state index contributed by atoms with van der Waals surface area (Å²) in [4.78, 5) is 0.510. The molecule has 0 saturated carbocycles. The Kier molecular flexibility index (Phi) is 8.52. The van der Waals surface area contributed by atoms with E-state index >= 15 is 0 Å². The molecule has 0 heterocycles. The molecule has 0 radical (unpaired) electrons. The monoisotopic (exact) mass is 497 g/mol. The Morgan fingerprint density at radius 1 is 1.03 bits per heavy atom. The van der Waals surface area contributed by atoms with Gasteiger partial charge in [-0.15, -0.1) is 11.6 Å². The molecule has 0 unspecified atom stereocenters. The van der Waals surface area contributed by atoms with Gasteiger partial charge in [-0.25, -0.2) is 8.93 Å². The molecule has 3 atom stereocenters. The second kappa shape index (κ2) is 10.1. The molecule has 31 heavy (non-hydrogen) atoms. The molecule has 0 aliphatic heterocycles. The molecular formula is C20H24ClF3NO4PS. The predicted octanol–water partition coefficient (Wildman–Crippen LogP) is 6.03. The van der Waals surface area contributed by atoms with Gasteiger partial charge in [0, 0.05) is 14.2 Å². The van der Waals surface area contributed by atoms with Crippen LogP contribution in [0.1, 0.15) is 33.9 Å². The summed E-state index contributed by atoms with van der Waals surface area (Å²) in [6.45, 7) is 5.51. The number of halogens is 4. The summed E-state index contributed by atoms with van der Waals surface area (Å²) in [7, 11) is -3.39. The van der Waals surface area contributed by atoms with Crippen molar-refractivity contribution in [2.75, 3.05) is 14.2 Å². The van der Waals surface area contributed by atoms with Crippen molar-refractivity contribution in [3.8, 4) is 0 Å². The zero-order valence-electron chi connectivity index (χ0n) is 17.6. The van der Waals surface area contributed by atoms with Crippen LogP contribution in [0.15, 0.2) is 41.3 Å². The summed E-state index contributed by atoms with van der Waals surface area (Å²) in [5.41, 5.74) is 1.92. The molecule has 0 amide bonds. The summed E-state index contributed by atoms with van der Waals surface area (Å²) in [6, 6.07) is 6.77. The standard InChI is InChI=1S/C20H24ClF3NO4PS/c1-12-10-13(2)18(14(3)11-12)31(27)25-17(19(21)30(26,28-4)29-5)15-6-8-16(9-7-15)20(22,23)24/h6-11,17,19,25H,1-5H3/t17-,19+,31+/m1/s1. The SMILES string of the molecule is COP(=O)(OC)[C@H](Cl)[C@H](N[S@@](=O)c1c(C)cc(C)cc1C)c1ccc(C(F)(F)F)cc1. The van der Waals surface area contributed by atoms with Gasteiger partial charge in [-0.2, -0.15) is 13.2 Å². The maximum atomic E-state index is 13.2. The number of aryl methyl sites for hydroxylation is 3. The van der Waals surface area contributed by atoms with Crippen molar-refractivity contribution in [1.82, 2.24) is 4.72 Å². The van der Waals surface area contributed by atoms with Gasteiger partial charge in [-0.1, -0.05) is 29.8 Å². The number of rotatable bonds is 8. The van der Waals surface area contributed by atoms with Gasteiger partial charge in [0.1, 0.15) is 11.0 Å². The zero-order chi connectivity index (χ0) is 23.6. The van der Waals surface area contributed by atoms with E-state index in [1.54, 1.807) is 13.8 Å². The van der Waals surface area contributed by atoms with Crippen LogP contribution >= 0.6 is 19.2 Å².